The van der Waals surface area contributed by atoms with Crippen LogP contribution in [-0.4, -0.2) is 46.9 Å². The Morgan fingerprint density at radius 1 is 1.25 bits per heavy atom. The monoisotopic (exact) mass is 282 g/mol. The summed E-state index contributed by atoms with van der Waals surface area (Å²) in [4.78, 5) is 35.8. The normalized spacial score (nSPS) is 23.9. The molecular formula is C14H22N2O4. The van der Waals surface area contributed by atoms with Gasteiger partial charge in [0, 0.05) is 32.0 Å². The number of aliphatic carboxylic acids is 1. The Morgan fingerprint density at radius 2 is 1.95 bits per heavy atom. The zero-order valence-electron chi connectivity index (χ0n) is 11.6. The molecule has 0 spiro atoms. The van der Waals surface area contributed by atoms with Gasteiger partial charge in [0.25, 0.3) is 0 Å². The molecule has 6 nitrogen and oxygen atoms in total. The van der Waals surface area contributed by atoms with Gasteiger partial charge in [-0.1, -0.05) is 19.3 Å². The van der Waals surface area contributed by atoms with E-state index < -0.39 is 11.9 Å². The molecule has 6 heteroatoms. The van der Waals surface area contributed by atoms with E-state index in [0.29, 0.717) is 6.54 Å². The fourth-order valence-corrected chi connectivity index (χ4v) is 2.94. The van der Waals surface area contributed by atoms with Gasteiger partial charge in [-0.3, -0.25) is 14.4 Å². The number of likely N-dealkylation sites (tertiary alicyclic amines) is 1. The van der Waals surface area contributed by atoms with Crippen molar-refractivity contribution in [3.63, 3.8) is 0 Å². The molecule has 20 heavy (non-hydrogen) atoms. The highest BCUT2D eigenvalue weighted by molar-refractivity contribution is 5.86. The third kappa shape index (κ3) is 3.95. The Balaban J connectivity index is 1.70. The lowest BCUT2D eigenvalue weighted by atomic mass is 9.95. The molecule has 0 aromatic heterocycles. The first-order valence-electron chi connectivity index (χ1n) is 7.36. The molecule has 1 saturated carbocycles. The molecule has 1 heterocycles. The molecule has 1 atom stereocenters. The number of carbonyl (C=O) groups excluding carboxylic acids is 2. The lowest BCUT2D eigenvalue weighted by molar-refractivity contribution is -0.141. The van der Waals surface area contributed by atoms with E-state index in [1.807, 2.05) is 0 Å². The van der Waals surface area contributed by atoms with Gasteiger partial charge in [0.2, 0.25) is 11.8 Å². The Hall–Kier alpha value is -1.59. The topological polar surface area (TPSA) is 86.7 Å². The van der Waals surface area contributed by atoms with Gasteiger partial charge in [-0.15, -0.1) is 0 Å². The minimum Gasteiger partial charge on any atom is -0.481 e. The maximum Gasteiger partial charge on any atom is 0.308 e. The summed E-state index contributed by atoms with van der Waals surface area (Å²) in [7, 11) is 0. The Bertz CT molecular complexity index is 391. The van der Waals surface area contributed by atoms with Crippen molar-refractivity contribution in [1.29, 1.82) is 0 Å². The van der Waals surface area contributed by atoms with Crippen LogP contribution in [0.4, 0.5) is 0 Å². The summed E-state index contributed by atoms with van der Waals surface area (Å²) in [6.07, 6.45) is 5.95. The quantitative estimate of drug-likeness (QED) is 0.779. The molecule has 2 amide bonds. The van der Waals surface area contributed by atoms with Crippen LogP contribution in [0.1, 0.15) is 44.9 Å². The first kappa shape index (κ1) is 14.8. The molecule has 0 aromatic rings. The molecule has 112 valence electrons. The van der Waals surface area contributed by atoms with E-state index in [1.165, 1.54) is 11.3 Å². The van der Waals surface area contributed by atoms with Crippen molar-refractivity contribution in [2.45, 2.75) is 51.0 Å². The number of carboxylic acid groups (broad SMARTS) is 1. The predicted octanol–water partition coefficient (Wildman–Crippen LogP) is 0.758. The first-order chi connectivity index (χ1) is 9.56. The van der Waals surface area contributed by atoms with Crippen molar-refractivity contribution in [3.8, 4) is 0 Å². The molecule has 2 rings (SSSR count). The fraction of sp³-hybridized carbons (Fsp3) is 0.786. The van der Waals surface area contributed by atoms with Crippen molar-refractivity contribution in [2.24, 2.45) is 5.92 Å². The highest BCUT2D eigenvalue weighted by Crippen LogP contribution is 2.19. The largest absolute Gasteiger partial charge is 0.481 e. The predicted molar refractivity (Wildman–Crippen MR) is 72.0 cm³/mol. The highest BCUT2D eigenvalue weighted by atomic mass is 16.4. The average Bonchev–Trinajstić information content (AvgIpc) is 2.79. The van der Waals surface area contributed by atoms with Crippen LogP contribution in [0.2, 0.25) is 0 Å². The Kier molecular flexibility index (Phi) is 4.98. The van der Waals surface area contributed by atoms with Gasteiger partial charge in [0.05, 0.1) is 5.92 Å². The van der Waals surface area contributed by atoms with Gasteiger partial charge in [0.15, 0.2) is 0 Å². The summed E-state index contributed by atoms with van der Waals surface area (Å²) in [6.45, 7) is 0.548. The number of hydrogen-bond acceptors (Lipinski definition) is 3. The molecule has 0 bridgehead atoms. The van der Waals surface area contributed by atoms with E-state index in [9.17, 15) is 14.4 Å². The second-order valence-electron chi connectivity index (χ2n) is 5.73. The number of carbonyl (C=O) groups is 3. The van der Waals surface area contributed by atoms with E-state index in [1.54, 1.807) is 0 Å². The Morgan fingerprint density at radius 3 is 2.55 bits per heavy atom. The summed E-state index contributed by atoms with van der Waals surface area (Å²) < 4.78 is 0. The minimum atomic E-state index is -0.937. The summed E-state index contributed by atoms with van der Waals surface area (Å²) in [6, 6.07) is 0.275. The Labute approximate surface area is 118 Å². The molecule has 0 radical (unpaired) electrons. The summed E-state index contributed by atoms with van der Waals surface area (Å²) in [5.74, 6) is -1.76. The zero-order chi connectivity index (χ0) is 14.5. The van der Waals surface area contributed by atoms with E-state index in [2.05, 4.69) is 5.32 Å². The standard InChI is InChI=1S/C14H22N2O4/c17-12(15-11-4-2-1-3-5-11)6-7-16-9-10(14(19)20)8-13(16)18/h10-11H,1-9H2,(H,15,17)(H,19,20)/t10-/m1/s1. The molecule has 0 aromatic carbocycles. The molecule has 2 fully saturated rings. The number of carboxylic acids is 1. The maximum absolute atomic E-state index is 11.8. The third-order valence-electron chi connectivity index (χ3n) is 4.14. The van der Waals surface area contributed by atoms with Crippen molar-refractivity contribution in [2.75, 3.05) is 13.1 Å². The van der Waals surface area contributed by atoms with Gasteiger partial charge in [-0.05, 0) is 12.8 Å². The molecule has 0 unspecified atom stereocenters. The van der Waals surface area contributed by atoms with E-state index in [-0.39, 0.29) is 37.2 Å². The first-order valence-corrected chi connectivity index (χ1v) is 7.36. The number of nitrogens with one attached hydrogen (secondary N) is 1. The van der Waals surface area contributed by atoms with Gasteiger partial charge in [-0.25, -0.2) is 0 Å². The molecule has 1 saturated heterocycles. The summed E-state index contributed by atoms with van der Waals surface area (Å²) >= 11 is 0. The maximum atomic E-state index is 11.8. The summed E-state index contributed by atoms with van der Waals surface area (Å²) in [5.41, 5.74) is 0. The van der Waals surface area contributed by atoms with E-state index >= 15 is 0 Å². The molecular weight excluding hydrogens is 260 g/mol. The lowest BCUT2D eigenvalue weighted by Gasteiger charge is -2.23. The van der Waals surface area contributed by atoms with Crippen molar-refractivity contribution in [3.05, 3.63) is 0 Å². The van der Waals surface area contributed by atoms with Gasteiger partial charge in [0.1, 0.15) is 0 Å². The van der Waals surface area contributed by atoms with Crippen LogP contribution in [-0.2, 0) is 14.4 Å². The molecule has 1 aliphatic carbocycles. The number of hydrogen-bond donors (Lipinski definition) is 2. The van der Waals surface area contributed by atoms with Gasteiger partial charge < -0.3 is 15.3 Å². The molecule has 2 N–H and O–H groups in total. The SMILES string of the molecule is O=C(CCN1C[C@H](C(=O)O)CC1=O)NC1CCCCC1. The van der Waals surface area contributed by atoms with Crippen LogP contribution in [0.25, 0.3) is 0 Å². The van der Waals surface area contributed by atoms with Crippen molar-refractivity contribution < 1.29 is 19.5 Å². The van der Waals surface area contributed by atoms with Gasteiger partial charge >= 0.3 is 5.97 Å². The number of nitrogens with zero attached hydrogens (tertiary/aromatic N) is 1. The minimum absolute atomic E-state index is 0.0384. The van der Waals surface area contributed by atoms with Crippen LogP contribution in [0, 0.1) is 5.92 Å². The summed E-state index contributed by atoms with van der Waals surface area (Å²) in [5, 5.41) is 11.9. The number of amides is 2. The second kappa shape index (κ2) is 6.72. The van der Waals surface area contributed by atoms with Crippen LogP contribution in [0.5, 0.6) is 0 Å². The second-order valence-corrected chi connectivity index (χ2v) is 5.73. The lowest BCUT2D eigenvalue weighted by Crippen LogP contribution is -2.38. The molecule has 2 aliphatic rings. The van der Waals surface area contributed by atoms with Crippen LogP contribution < -0.4 is 5.32 Å². The zero-order valence-corrected chi connectivity index (χ0v) is 11.6. The average molecular weight is 282 g/mol. The van der Waals surface area contributed by atoms with E-state index in [0.717, 1.165) is 25.7 Å². The highest BCUT2D eigenvalue weighted by Gasteiger charge is 2.34. The van der Waals surface area contributed by atoms with Crippen LogP contribution >= 0.6 is 0 Å². The third-order valence-corrected chi connectivity index (χ3v) is 4.14. The van der Waals surface area contributed by atoms with Crippen molar-refractivity contribution >= 4 is 17.8 Å². The smallest absolute Gasteiger partial charge is 0.308 e. The van der Waals surface area contributed by atoms with Crippen LogP contribution in [0.15, 0.2) is 0 Å². The molecule has 1 aliphatic heterocycles. The van der Waals surface area contributed by atoms with Crippen molar-refractivity contribution in [1.82, 2.24) is 10.2 Å². The fourth-order valence-electron chi connectivity index (χ4n) is 2.94. The number of rotatable bonds is 5. The van der Waals surface area contributed by atoms with Crippen LogP contribution in [0.3, 0.4) is 0 Å². The van der Waals surface area contributed by atoms with E-state index in [4.69, 9.17) is 5.11 Å². The van der Waals surface area contributed by atoms with Gasteiger partial charge in [-0.2, -0.15) is 0 Å².